The predicted molar refractivity (Wildman–Crippen MR) is 60.8 cm³/mol. The number of hydrogen-bond acceptors (Lipinski definition) is 7. The van der Waals surface area contributed by atoms with Gasteiger partial charge in [-0.1, -0.05) is 6.92 Å². The molecule has 7 heteroatoms. The van der Waals surface area contributed by atoms with Crippen LogP contribution in [0.25, 0.3) is 0 Å². The molecule has 1 rings (SSSR count). The molecule has 5 atom stereocenters. The van der Waals surface area contributed by atoms with Gasteiger partial charge in [0.15, 0.2) is 6.29 Å². The van der Waals surface area contributed by atoms with Crippen molar-refractivity contribution in [2.75, 3.05) is 26.4 Å². The standard InChI is InChI=1S/C11H22O7/c1-2-3-16-4-5-17-11-10(15)9(14)8(13)7(6-12)18-11/h7-15H,2-6H2,1H3/t7-,8-,9+,10+,11+/m1/s1. The number of rotatable bonds is 7. The van der Waals surface area contributed by atoms with Gasteiger partial charge in [0.1, 0.15) is 24.4 Å². The van der Waals surface area contributed by atoms with E-state index in [1.807, 2.05) is 6.92 Å². The van der Waals surface area contributed by atoms with E-state index in [1.165, 1.54) is 0 Å². The van der Waals surface area contributed by atoms with Crippen LogP contribution in [-0.2, 0) is 14.2 Å². The first kappa shape index (κ1) is 15.8. The van der Waals surface area contributed by atoms with Crippen molar-refractivity contribution < 1.29 is 34.6 Å². The SMILES string of the molecule is CCCOCCO[C@H]1O[C@H](CO)[C@@H](O)[C@H](O)[C@@H]1O. The minimum atomic E-state index is -1.41. The second-order valence-electron chi connectivity index (χ2n) is 4.18. The Labute approximate surface area is 106 Å². The molecular formula is C11H22O7. The zero-order chi connectivity index (χ0) is 13.5. The second kappa shape index (κ2) is 8.00. The molecule has 0 amide bonds. The first-order valence-corrected chi connectivity index (χ1v) is 6.11. The van der Waals surface area contributed by atoms with Crippen LogP contribution in [0.4, 0.5) is 0 Å². The summed E-state index contributed by atoms with van der Waals surface area (Å²) >= 11 is 0. The lowest BCUT2D eigenvalue weighted by Crippen LogP contribution is -2.59. The summed E-state index contributed by atoms with van der Waals surface area (Å²) in [7, 11) is 0. The molecule has 1 aliphatic rings. The Morgan fingerprint density at radius 3 is 2.33 bits per heavy atom. The highest BCUT2D eigenvalue weighted by atomic mass is 16.7. The average molecular weight is 266 g/mol. The van der Waals surface area contributed by atoms with Crippen molar-refractivity contribution in [3.8, 4) is 0 Å². The molecular weight excluding hydrogens is 244 g/mol. The van der Waals surface area contributed by atoms with Crippen LogP contribution in [0.15, 0.2) is 0 Å². The van der Waals surface area contributed by atoms with E-state index >= 15 is 0 Å². The lowest BCUT2D eigenvalue weighted by atomic mass is 9.99. The van der Waals surface area contributed by atoms with Crippen molar-refractivity contribution in [1.82, 2.24) is 0 Å². The molecule has 0 bridgehead atoms. The Morgan fingerprint density at radius 1 is 1.00 bits per heavy atom. The summed E-state index contributed by atoms with van der Waals surface area (Å²) in [5, 5.41) is 37.7. The maximum absolute atomic E-state index is 9.64. The van der Waals surface area contributed by atoms with Gasteiger partial charge in [-0.05, 0) is 6.42 Å². The van der Waals surface area contributed by atoms with Crippen LogP contribution < -0.4 is 0 Å². The maximum atomic E-state index is 9.64. The summed E-state index contributed by atoms with van der Waals surface area (Å²) in [6.07, 6.45) is -5.23. The van der Waals surface area contributed by atoms with E-state index in [4.69, 9.17) is 19.3 Å². The Kier molecular flexibility index (Phi) is 7.02. The normalized spacial score (nSPS) is 36.8. The maximum Gasteiger partial charge on any atom is 0.186 e. The molecule has 0 radical (unpaired) electrons. The van der Waals surface area contributed by atoms with Gasteiger partial charge in [0.05, 0.1) is 19.8 Å². The third-order valence-corrected chi connectivity index (χ3v) is 2.71. The van der Waals surface area contributed by atoms with Crippen LogP contribution in [-0.4, -0.2) is 77.6 Å². The molecule has 0 spiro atoms. The van der Waals surface area contributed by atoms with Gasteiger partial charge in [-0.25, -0.2) is 0 Å². The third kappa shape index (κ3) is 4.13. The number of aliphatic hydroxyl groups is 4. The monoisotopic (exact) mass is 266 g/mol. The van der Waals surface area contributed by atoms with Crippen molar-refractivity contribution >= 4 is 0 Å². The van der Waals surface area contributed by atoms with Crippen LogP contribution in [0.1, 0.15) is 13.3 Å². The van der Waals surface area contributed by atoms with Gasteiger partial charge in [-0.2, -0.15) is 0 Å². The van der Waals surface area contributed by atoms with Gasteiger partial charge in [0, 0.05) is 6.61 Å². The molecule has 0 aliphatic carbocycles. The molecule has 18 heavy (non-hydrogen) atoms. The van der Waals surface area contributed by atoms with E-state index in [1.54, 1.807) is 0 Å². The summed E-state index contributed by atoms with van der Waals surface area (Å²) in [4.78, 5) is 0. The largest absolute Gasteiger partial charge is 0.394 e. The molecule has 4 N–H and O–H groups in total. The van der Waals surface area contributed by atoms with Crippen LogP contribution in [0.2, 0.25) is 0 Å². The molecule has 1 aliphatic heterocycles. The highest BCUT2D eigenvalue weighted by Crippen LogP contribution is 2.21. The average Bonchev–Trinajstić information content (AvgIpc) is 2.38. The molecule has 1 saturated heterocycles. The molecule has 0 aromatic carbocycles. The lowest BCUT2D eigenvalue weighted by Gasteiger charge is -2.39. The molecule has 0 unspecified atom stereocenters. The zero-order valence-corrected chi connectivity index (χ0v) is 10.4. The molecule has 0 aromatic heterocycles. The molecule has 7 nitrogen and oxygen atoms in total. The summed E-state index contributed by atoms with van der Waals surface area (Å²) < 4.78 is 15.5. The summed E-state index contributed by atoms with van der Waals surface area (Å²) in [5.41, 5.74) is 0. The zero-order valence-electron chi connectivity index (χ0n) is 10.4. The number of ether oxygens (including phenoxy) is 3. The van der Waals surface area contributed by atoms with Crippen molar-refractivity contribution in [3.63, 3.8) is 0 Å². The van der Waals surface area contributed by atoms with Gasteiger partial charge in [0.2, 0.25) is 0 Å². The van der Waals surface area contributed by atoms with E-state index < -0.39 is 37.3 Å². The van der Waals surface area contributed by atoms with Gasteiger partial charge >= 0.3 is 0 Å². The van der Waals surface area contributed by atoms with E-state index in [0.717, 1.165) is 6.42 Å². The van der Waals surface area contributed by atoms with Crippen molar-refractivity contribution in [1.29, 1.82) is 0 Å². The Morgan fingerprint density at radius 2 is 1.72 bits per heavy atom. The Bertz CT molecular complexity index is 223. The minimum absolute atomic E-state index is 0.197. The molecule has 1 heterocycles. The van der Waals surface area contributed by atoms with Gasteiger partial charge in [-0.3, -0.25) is 0 Å². The highest BCUT2D eigenvalue weighted by molar-refractivity contribution is 4.88. The topological polar surface area (TPSA) is 109 Å². The van der Waals surface area contributed by atoms with Crippen LogP contribution in [0.3, 0.4) is 0 Å². The lowest BCUT2D eigenvalue weighted by molar-refractivity contribution is -0.302. The van der Waals surface area contributed by atoms with Gasteiger partial charge in [-0.15, -0.1) is 0 Å². The quantitative estimate of drug-likeness (QED) is 0.404. The van der Waals surface area contributed by atoms with Crippen LogP contribution in [0.5, 0.6) is 0 Å². The molecule has 0 aromatic rings. The summed E-state index contributed by atoms with van der Waals surface area (Å²) in [5.74, 6) is 0. The summed E-state index contributed by atoms with van der Waals surface area (Å²) in [6.45, 7) is 2.69. The van der Waals surface area contributed by atoms with E-state index in [-0.39, 0.29) is 6.61 Å². The smallest absolute Gasteiger partial charge is 0.186 e. The minimum Gasteiger partial charge on any atom is -0.394 e. The highest BCUT2D eigenvalue weighted by Gasteiger charge is 2.43. The first-order chi connectivity index (χ1) is 8.61. The molecule has 0 saturated carbocycles. The second-order valence-corrected chi connectivity index (χ2v) is 4.18. The Balaban J connectivity index is 2.35. The fraction of sp³-hybridized carbons (Fsp3) is 1.00. The van der Waals surface area contributed by atoms with Crippen LogP contribution >= 0.6 is 0 Å². The van der Waals surface area contributed by atoms with Gasteiger partial charge in [0.25, 0.3) is 0 Å². The fourth-order valence-corrected chi connectivity index (χ4v) is 1.67. The van der Waals surface area contributed by atoms with E-state index in [0.29, 0.717) is 13.2 Å². The predicted octanol–water partition coefficient (Wildman–Crippen LogP) is -1.77. The van der Waals surface area contributed by atoms with Crippen molar-refractivity contribution in [2.45, 2.75) is 44.1 Å². The first-order valence-electron chi connectivity index (χ1n) is 6.11. The van der Waals surface area contributed by atoms with Gasteiger partial charge < -0.3 is 34.6 Å². The fourth-order valence-electron chi connectivity index (χ4n) is 1.67. The number of hydrogen-bond donors (Lipinski definition) is 4. The third-order valence-electron chi connectivity index (χ3n) is 2.71. The number of aliphatic hydroxyl groups excluding tert-OH is 4. The van der Waals surface area contributed by atoms with Crippen molar-refractivity contribution in [3.05, 3.63) is 0 Å². The van der Waals surface area contributed by atoms with Crippen LogP contribution in [0, 0.1) is 0 Å². The van der Waals surface area contributed by atoms with E-state index in [9.17, 15) is 15.3 Å². The van der Waals surface area contributed by atoms with E-state index in [2.05, 4.69) is 0 Å². The van der Waals surface area contributed by atoms with Crippen molar-refractivity contribution in [2.24, 2.45) is 0 Å². The molecule has 1 fully saturated rings. The Hall–Kier alpha value is -0.280. The molecule has 108 valence electrons. The summed E-state index contributed by atoms with van der Waals surface area (Å²) in [6, 6.07) is 0.